The number of rotatable bonds is 3. The van der Waals surface area contributed by atoms with Crippen LogP contribution in [-0.2, 0) is 0 Å². The van der Waals surface area contributed by atoms with Gasteiger partial charge in [-0.2, -0.15) is 0 Å². The Morgan fingerprint density at radius 2 is 1.47 bits per heavy atom. The number of pyridine rings is 3. The average Bonchev–Trinajstić information content (AvgIpc) is 3.30. The Bertz CT molecular complexity index is 1840. The molecule has 7 rings (SSSR count). The van der Waals surface area contributed by atoms with E-state index in [9.17, 15) is 0 Å². The van der Waals surface area contributed by atoms with Crippen LogP contribution in [0.15, 0.2) is 109 Å². The van der Waals surface area contributed by atoms with Crippen LogP contribution in [0.3, 0.4) is 0 Å². The molecular weight excluding hydrogens is 420 g/mol. The van der Waals surface area contributed by atoms with E-state index in [1.807, 2.05) is 79.0 Å². The van der Waals surface area contributed by atoms with Gasteiger partial charge >= 0.3 is 0 Å². The topological polar surface area (TPSA) is 52.3 Å². The predicted molar refractivity (Wildman–Crippen MR) is 135 cm³/mol. The van der Waals surface area contributed by atoms with Gasteiger partial charge in [-0.15, -0.1) is 0 Å². The van der Waals surface area contributed by atoms with Crippen LogP contribution < -0.4 is 4.74 Å². The maximum Gasteiger partial charge on any atom is 0.147 e. The molecule has 0 aliphatic rings. The van der Waals surface area contributed by atoms with Crippen LogP contribution in [0.2, 0.25) is 0 Å². The van der Waals surface area contributed by atoms with Crippen molar-refractivity contribution in [1.29, 1.82) is 0 Å². The van der Waals surface area contributed by atoms with Crippen molar-refractivity contribution in [3.8, 4) is 22.8 Å². The van der Waals surface area contributed by atoms with E-state index in [0.29, 0.717) is 0 Å². The molecule has 4 aromatic heterocycles. The van der Waals surface area contributed by atoms with Gasteiger partial charge in [0.2, 0.25) is 0 Å². The maximum atomic E-state index is 6.30. The highest BCUT2D eigenvalue weighted by Gasteiger charge is 2.15. The summed E-state index contributed by atoms with van der Waals surface area (Å²) in [5, 5.41) is 3.20. The minimum Gasteiger partial charge on any atom is -0.457 e. The second kappa shape index (κ2) is 7.39. The third-order valence-electron chi connectivity index (χ3n) is 6.11. The second-order valence-corrected chi connectivity index (χ2v) is 8.19. The van der Waals surface area contributed by atoms with Crippen molar-refractivity contribution in [2.75, 3.05) is 0 Å². The highest BCUT2D eigenvalue weighted by molar-refractivity contribution is 6.13. The lowest BCUT2D eigenvalue weighted by Gasteiger charge is -2.11. The summed E-state index contributed by atoms with van der Waals surface area (Å²) < 4.78 is 8.44. The molecule has 5 heteroatoms. The Morgan fingerprint density at radius 1 is 0.588 bits per heavy atom. The lowest BCUT2D eigenvalue weighted by molar-refractivity contribution is 0.483. The molecule has 0 amide bonds. The van der Waals surface area contributed by atoms with Gasteiger partial charge in [0.1, 0.15) is 22.8 Å². The van der Waals surface area contributed by atoms with Gasteiger partial charge in [-0.05, 0) is 72.1 Å². The van der Waals surface area contributed by atoms with E-state index in [1.54, 1.807) is 6.20 Å². The number of ether oxygens (including phenoxy) is 1. The first-order chi connectivity index (χ1) is 16.8. The normalized spacial score (nSPS) is 11.5. The first kappa shape index (κ1) is 18.8. The maximum absolute atomic E-state index is 6.30. The largest absolute Gasteiger partial charge is 0.457 e. The van der Waals surface area contributed by atoms with Gasteiger partial charge in [0.05, 0.1) is 16.7 Å². The van der Waals surface area contributed by atoms with Crippen molar-refractivity contribution in [1.82, 2.24) is 19.4 Å². The number of benzene rings is 3. The Balaban J connectivity index is 1.42. The number of hydrogen-bond acceptors (Lipinski definition) is 4. The van der Waals surface area contributed by atoms with Crippen LogP contribution in [0, 0.1) is 0 Å². The van der Waals surface area contributed by atoms with Gasteiger partial charge in [-0.25, -0.2) is 9.97 Å². The van der Waals surface area contributed by atoms with Crippen LogP contribution in [0.4, 0.5) is 0 Å². The Morgan fingerprint density at radius 3 is 2.41 bits per heavy atom. The zero-order chi connectivity index (χ0) is 22.5. The molecule has 0 aliphatic heterocycles. The molecular formula is C29H18N4O. The molecule has 0 bridgehead atoms. The first-order valence-electron chi connectivity index (χ1n) is 11.1. The van der Waals surface area contributed by atoms with Crippen LogP contribution >= 0.6 is 0 Å². The number of imidazole rings is 1. The SMILES string of the molecule is c1ccc(-c2cccc(Oc3ccc4c5cccnc5n5c6ccccc6nc5c4c3)c2)nc1. The molecule has 4 heterocycles. The molecule has 34 heavy (non-hydrogen) atoms. The lowest BCUT2D eigenvalue weighted by Crippen LogP contribution is -1.94. The van der Waals surface area contributed by atoms with Gasteiger partial charge in [0, 0.05) is 28.7 Å². The number of nitrogens with zero attached hydrogens (tertiary/aromatic N) is 4. The minimum absolute atomic E-state index is 0.753. The molecule has 0 radical (unpaired) electrons. The van der Waals surface area contributed by atoms with Crippen molar-refractivity contribution in [2.24, 2.45) is 0 Å². The highest BCUT2D eigenvalue weighted by atomic mass is 16.5. The second-order valence-electron chi connectivity index (χ2n) is 8.19. The smallest absolute Gasteiger partial charge is 0.147 e. The predicted octanol–water partition coefficient (Wildman–Crippen LogP) is 7.04. The van der Waals surface area contributed by atoms with Crippen molar-refractivity contribution in [3.05, 3.63) is 109 Å². The standard InChI is InChI=1S/C29H18N4O/c1-2-12-27-26(11-1)32-29-24-18-21(13-14-22(24)23-9-6-16-31-28(23)33(27)29)34-20-8-5-7-19(17-20)25-10-3-4-15-30-25/h1-18H. The number of aromatic nitrogens is 4. The zero-order valence-corrected chi connectivity index (χ0v) is 18.1. The summed E-state index contributed by atoms with van der Waals surface area (Å²) in [5.41, 5.74) is 5.67. The van der Waals surface area contributed by atoms with Gasteiger partial charge < -0.3 is 4.74 Å². The summed E-state index contributed by atoms with van der Waals surface area (Å²) in [6.45, 7) is 0. The fourth-order valence-corrected chi connectivity index (χ4v) is 4.60. The lowest BCUT2D eigenvalue weighted by atomic mass is 10.1. The van der Waals surface area contributed by atoms with E-state index in [0.717, 1.165) is 61.2 Å². The van der Waals surface area contributed by atoms with Gasteiger partial charge in [-0.3, -0.25) is 9.38 Å². The summed E-state index contributed by atoms with van der Waals surface area (Å²) >= 11 is 0. The number of para-hydroxylation sites is 2. The third kappa shape index (κ3) is 2.91. The molecule has 0 atom stereocenters. The van der Waals surface area contributed by atoms with E-state index < -0.39 is 0 Å². The zero-order valence-electron chi connectivity index (χ0n) is 18.1. The van der Waals surface area contributed by atoms with Gasteiger partial charge in [0.15, 0.2) is 0 Å². The minimum atomic E-state index is 0.753. The quantitative estimate of drug-likeness (QED) is 0.278. The molecule has 5 nitrogen and oxygen atoms in total. The molecule has 0 saturated carbocycles. The van der Waals surface area contributed by atoms with E-state index in [4.69, 9.17) is 14.7 Å². The third-order valence-corrected chi connectivity index (χ3v) is 6.11. The monoisotopic (exact) mass is 438 g/mol. The van der Waals surface area contributed by atoms with E-state index in [2.05, 4.69) is 33.7 Å². The van der Waals surface area contributed by atoms with Crippen molar-refractivity contribution >= 4 is 38.5 Å². The number of fused-ring (bicyclic) bond motifs is 8. The fourth-order valence-electron chi connectivity index (χ4n) is 4.60. The number of hydrogen-bond donors (Lipinski definition) is 0. The Labute approximate surface area is 194 Å². The Hall–Kier alpha value is -4.77. The van der Waals surface area contributed by atoms with E-state index in [-0.39, 0.29) is 0 Å². The van der Waals surface area contributed by atoms with Crippen molar-refractivity contribution in [3.63, 3.8) is 0 Å². The van der Waals surface area contributed by atoms with Crippen molar-refractivity contribution < 1.29 is 4.74 Å². The molecule has 160 valence electrons. The summed E-state index contributed by atoms with van der Waals surface area (Å²) in [6, 6.07) is 32.3. The molecule has 0 saturated heterocycles. The fraction of sp³-hybridized carbons (Fsp3) is 0. The van der Waals surface area contributed by atoms with Crippen molar-refractivity contribution in [2.45, 2.75) is 0 Å². The van der Waals surface area contributed by atoms with Gasteiger partial charge in [0.25, 0.3) is 0 Å². The van der Waals surface area contributed by atoms with Crippen LogP contribution in [0.5, 0.6) is 11.5 Å². The van der Waals surface area contributed by atoms with Crippen LogP contribution in [0.25, 0.3) is 49.7 Å². The average molecular weight is 438 g/mol. The molecule has 3 aromatic carbocycles. The molecule has 7 aromatic rings. The van der Waals surface area contributed by atoms with E-state index >= 15 is 0 Å². The first-order valence-corrected chi connectivity index (χ1v) is 11.1. The molecule has 0 N–H and O–H groups in total. The summed E-state index contributed by atoms with van der Waals surface area (Å²) in [7, 11) is 0. The van der Waals surface area contributed by atoms with Crippen LogP contribution in [0.1, 0.15) is 0 Å². The highest BCUT2D eigenvalue weighted by Crippen LogP contribution is 2.35. The summed E-state index contributed by atoms with van der Waals surface area (Å²) in [5.74, 6) is 1.51. The summed E-state index contributed by atoms with van der Waals surface area (Å²) in [6.07, 6.45) is 3.62. The Kier molecular flexibility index (Phi) is 4.08. The summed E-state index contributed by atoms with van der Waals surface area (Å²) in [4.78, 5) is 14.1. The van der Waals surface area contributed by atoms with Gasteiger partial charge in [-0.1, -0.05) is 30.3 Å². The molecule has 0 spiro atoms. The molecule has 0 unspecified atom stereocenters. The molecule has 0 fully saturated rings. The van der Waals surface area contributed by atoms with Crippen LogP contribution in [-0.4, -0.2) is 19.4 Å². The molecule has 0 aliphatic carbocycles. The van der Waals surface area contributed by atoms with E-state index in [1.165, 1.54) is 0 Å².